The van der Waals surface area contributed by atoms with Crippen molar-refractivity contribution in [2.45, 2.75) is 51.5 Å². The minimum absolute atomic E-state index is 0.0337. The Morgan fingerprint density at radius 3 is 2.45 bits per heavy atom. The molecule has 0 radical (unpaired) electrons. The highest BCUT2D eigenvalue weighted by atomic mass is 79.9. The van der Waals surface area contributed by atoms with Crippen LogP contribution in [0.4, 0.5) is 0 Å². The molecule has 0 aliphatic heterocycles. The summed E-state index contributed by atoms with van der Waals surface area (Å²) in [5.41, 5.74) is 6.19. The molecule has 0 aliphatic carbocycles. The first-order valence-electron chi connectivity index (χ1n) is 7.19. The summed E-state index contributed by atoms with van der Waals surface area (Å²) in [5.74, 6) is 0.0337. The van der Waals surface area contributed by atoms with E-state index in [0.29, 0.717) is 6.54 Å². The van der Waals surface area contributed by atoms with E-state index in [0.717, 1.165) is 29.3 Å². The largest absolute Gasteiger partial charge is 0.351 e. The quantitative estimate of drug-likeness (QED) is 0.799. The third-order valence-corrected chi connectivity index (χ3v) is 4.19. The Morgan fingerprint density at radius 1 is 1.35 bits per heavy atom. The van der Waals surface area contributed by atoms with Gasteiger partial charge in [0.05, 0.1) is 5.41 Å². The van der Waals surface area contributed by atoms with Gasteiger partial charge in [-0.3, -0.25) is 4.79 Å². The highest BCUT2D eigenvalue weighted by Gasteiger charge is 2.30. The molecule has 4 heteroatoms. The molecule has 0 fully saturated rings. The number of benzene rings is 1. The van der Waals surface area contributed by atoms with E-state index in [1.807, 2.05) is 38.1 Å². The van der Waals surface area contributed by atoms with Crippen molar-refractivity contribution in [3.05, 3.63) is 34.3 Å². The Balaban J connectivity index is 2.75. The minimum Gasteiger partial charge on any atom is -0.351 e. The number of halogens is 1. The molecule has 20 heavy (non-hydrogen) atoms. The molecular formula is C16H25BrN2O. The summed E-state index contributed by atoms with van der Waals surface area (Å²) in [6.45, 7) is 6.52. The molecule has 0 bridgehead atoms. The second-order valence-electron chi connectivity index (χ2n) is 5.68. The average Bonchev–Trinajstić information content (AvgIpc) is 2.43. The van der Waals surface area contributed by atoms with Gasteiger partial charge in [-0.15, -0.1) is 0 Å². The summed E-state index contributed by atoms with van der Waals surface area (Å²) in [6, 6.07) is 7.95. The van der Waals surface area contributed by atoms with Gasteiger partial charge in [0.15, 0.2) is 0 Å². The molecule has 0 aromatic heterocycles. The molecule has 0 aliphatic rings. The first kappa shape index (κ1) is 17.2. The van der Waals surface area contributed by atoms with E-state index in [9.17, 15) is 4.79 Å². The van der Waals surface area contributed by atoms with Crippen LogP contribution in [0.3, 0.4) is 0 Å². The zero-order chi connectivity index (χ0) is 15.2. The van der Waals surface area contributed by atoms with E-state index in [1.165, 1.54) is 0 Å². The van der Waals surface area contributed by atoms with E-state index >= 15 is 0 Å². The second kappa shape index (κ2) is 7.79. The van der Waals surface area contributed by atoms with E-state index in [-0.39, 0.29) is 11.9 Å². The predicted molar refractivity (Wildman–Crippen MR) is 87.7 cm³/mol. The molecule has 1 aromatic carbocycles. The van der Waals surface area contributed by atoms with E-state index in [2.05, 4.69) is 28.2 Å². The van der Waals surface area contributed by atoms with Crippen molar-refractivity contribution in [2.24, 2.45) is 5.73 Å². The fourth-order valence-corrected chi connectivity index (χ4v) is 2.33. The van der Waals surface area contributed by atoms with Gasteiger partial charge in [-0.1, -0.05) is 47.8 Å². The third kappa shape index (κ3) is 4.60. The molecule has 1 amide bonds. The molecular weight excluding hydrogens is 316 g/mol. The first-order valence-corrected chi connectivity index (χ1v) is 7.98. The van der Waals surface area contributed by atoms with Crippen molar-refractivity contribution in [1.82, 2.24) is 5.32 Å². The van der Waals surface area contributed by atoms with Gasteiger partial charge in [0.1, 0.15) is 0 Å². The summed E-state index contributed by atoms with van der Waals surface area (Å²) in [4.78, 5) is 12.5. The standard InChI is InChI=1S/C16H25BrN2O/c1-4-5-6-14(11-18)19-15(20)16(2,3)12-7-9-13(17)10-8-12/h7-10,14H,4-6,11,18H2,1-3H3,(H,19,20). The molecule has 1 atom stereocenters. The van der Waals surface area contributed by atoms with Crippen LogP contribution in [0.1, 0.15) is 45.6 Å². The first-order chi connectivity index (χ1) is 9.41. The Hall–Kier alpha value is -0.870. The summed E-state index contributed by atoms with van der Waals surface area (Å²) in [6.07, 6.45) is 3.14. The molecule has 0 heterocycles. The lowest BCUT2D eigenvalue weighted by Crippen LogP contribution is -2.47. The average molecular weight is 341 g/mol. The molecule has 0 saturated heterocycles. The van der Waals surface area contributed by atoms with Gasteiger partial charge in [-0.2, -0.15) is 0 Å². The number of hydrogen-bond acceptors (Lipinski definition) is 2. The number of nitrogens with two attached hydrogens (primary N) is 1. The summed E-state index contributed by atoms with van der Waals surface area (Å²) >= 11 is 3.41. The van der Waals surface area contributed by atoms with Gasteiger partial charge in [-0.25, -0.2) is 0 Å². The maximum Gasteiger partial charge on any atom is 0.230 e. The number of unbranched alkanes of at least 4 members (excludes halogenated alkanes) is 1. The number of nitrogens with one attached hydrogen (secondary N) is 1. The van der Waals surface area contributed by atoms with Crippen molar-refractivity contribution in [1.29, 1.82) is 0 Å². The number of carbonyl (C=O) groups excluding carboxylic acids is 1. The molecule has 0 saturated carbocycles. The van der Waals surface area contributed by atoms with Gasteiger partial charge in [-0.05, 0) is 38.0 Å². The molecule has 1 rings (SSSR count). The molecule has 3 N–H and O–H groups in total. The van der Waals surface area contributed by atoms with Crippen LogP contribution >= 0.6 is 15.9 Å². The van der Waals surface area contributed by atoms with Crippen LogP contribution in [0.5, 0.6) is 0 Å². The lowest BCUT2D eigenvalue weighted by Gasteiger charge is -2.27. The van der Waals surface area contributed by atoms with Crippen LogP contribution in [0.15, 0.2) is 28.7 Å². The van der Waals surface area contributed by atoms with Crippen LogP contribution < -0.4 is 11.1 Å². The van der Waals surface area contributed by atoms with Crippen LogP contribution in [0.2, 0.25) is 0 Å². The highest BCUT2D eigenvalue weighted by molar-refractivity contribution is 9.10. The molecule has 0 spiro atoms. The maximum atomic E-state index is 12.5. The lowest BCUT2D eigenvalue weighted by molar-refractivity contribution is -0.126. The van der Waals surface area contributed by atoms with Gasteiger partial charge in [0.2, 0.25) is 5.91 Å². The summed E-state index contributed by atoms with van der Waals surface area (Å²) in [5, 5.41) is 3.08. The minimum atomic E-state index is -0.555. The van der Waals surface area contributed by atoms with Crippen molar-refractivity contribution >= 4 is 21.8 Å². The zero-order valence-corrected chi connectivity index (χ0v) is 14.2. The number of rotatable bonds is 7. The normalized spacial score (nSPS) is 13.1. The van der Waals surface area contributed by atoms with Crippen molar-refractivity contribution in [3.63, 3.8) is 0 Å². The number of carbonyl (C=O) groups is 1. The Labute approximate surface area is 130 Å². The van der Waals surface area contributed by atoms with Gasteiger partial charge < -0.3 is 11.1 Å². The smallest absolute Gasteiger partial charge is 0.230 e. The molecule has 1 unspecified atom stereocenters. The van der Waals surface area contributed by atoms with Crippen LogP contribution in [-0.2, 0) is 10.2 Å². The second-order valence-corrected chi connectivity index (χ2v) is 6.60. The Bertz CT molecular complexity index is 429. The fraction of sp³-hybridized carbons (Fsp3) is 0.562. The number of amides is 1. The van der Waals surface area contributed by atoms with Crippen molar-refractivity contribution in [2.75, 3.05) is 6.54 Å². The van der Waals surface area contributed by atoms with Gasteiger partial charge in [0, 0.05) is 17.1 Å². The van der Waals surface area contributed by atoms with Gasteiger partial charge in [0.25, 0.3) is 0 Å². The molecule has 3 nitrogen and oxygen atoms in total. The predicted octanol–water partition coefficient (Wildman–Crippen LogP) is 3.36. The Morgan fingerprint density at radius 2 is 1.95 bits per heavy atom. The van der Waals surface area contributed by atoms with Gasteiger partial charge >= 0.3 is 0 Å². The van der Waals surface area contributed by atoms with Crippen LogP contribution in [-0.4, -0.2) is 18.5 Å². The van der Waals surface area contributed by atoms with E-state index in [1.54, 1.807) is 0 Å². The van der Waals surface area contributed by atoms with Crippen LogP contribution in [0, 0.1) is 0 Å². The summed E-state index contributed by atoms with van der Waals surface area (Å²) in [7, 11) is 0. The fourth-order valence-electron chi connectivity index (χ4n) is 2.06. The summed E-state index contributed by atoms with van der Waals surface area (Å²) < 4.78 is 1.01. The lowest BCUT2D eigenvalue weighted by atomic mass is 9.83. The monoisotopic (exact) mass is 340 g/mol. The Kier molecular flexibility index (Phi) is 6.69. The topological polar surface area (TPSA) is 55.1 Å². The van der Waals surface area contributed by atoms with Crippen molar-refractivity contribution < 1.29 is 4.79 Å². The molecule has 1 aromatic rings. The SMILES string of the molecule is CCCCC(CN)NC(=O)C(C)(C)c1ccc(Br)cc1. The highest BCUT2D eigenvalue weighted by Crippen LogP contribution is 2.25. The van der Waals surface area contributed by atoms with E-state index < -0.39 is 5.41 Å². The number of hydrogen-bond donors (Lipinski definition) is 2. The van der Waals surface area contributed by atoms with Crippen molar-refractivity contribution in [3.8, 4) is 0 Å². The van der Waals surface area contributed by atoms with E-state index in [4.69, 9.17) is 5.73 Å². The zero-order valence-electron chi connectivity index (χ0n) is 12.6. The maximum absolute atomic E-state index is 12.5. The van der Waals surface area contributed by atoms with Crippen LogP contribution in [0.25, 0.3) is 0 Å². The third-order valence-electron chi connectivity index (χ3n) is 3.66. The molecule has 112 valence electrons.